The summed E-state index contributed by atoms with van der Waals surface area (Å²) in [6, 6.07) is 12.7. The summed E-state index contributed by atoms with van der Waals surface area (Å²) in [5, 5.41) is 5.76. The quantitative estimate of drug-likeness (QED) is 0.792. The number of amides is 2. The summed E-state index contributed by atoms with van der Waals surface area (Å²) in [5.74, 6) is -0.720. The van der Waals surface area contributed by atoms with Crippen LogP contribution >= 0.6 is 0 Å². The van der Waals surface area contributed by atoms with Crippen molar-refractivity contribution in [1.82, 2.24) is 0 Å². The van der Waals surface area contributed by atoms with E-state index in [0.29, 0.717) is 11.3 Å². The Hall–Kier alpha value is -2.82. The molecule has 2 amide bonds. The highest BCUT2D eigenvalue weighted by molar-refractivity contribution is 6.00. The van der Waals surface area contributed by atoms with Crippen LogP contribution in [0.15, 0.2) is 42.5 Å². The number of anilines is 2. The third-order valence-corrected chi connectivity index (χ3v) is 3.14. The normalized spacial score (nSPS) is 10.1. The van der Waals surface area contributed by atoms with E-state index in [1.54, 1.807) is 24.3 Å². The van der Waals surface area contributed by atoms with E-state index in [4.69, 9.17) is 5.73 Å². The van der Waals surface area contributed by atoms with E-state index >= 15 is 0 Å². The lowest BCUT2D eigenvalue weighted by atomic mass is 10.1. The number of benzene rings is 2. The fraction of sp³-hybridized carbons (Fsp3) is 0.176. The monoisotopic (exact) mass is 297 g/mol. The third-order valence-electron chi connectivity index (χ3n) is 3.14. The van der Waals surface area contributed by atoms with Gasteiger partial charge < -0.3 is 16.4 Å². The number of para-hydroxylation sites is 1. The van der Waals surface area contributed by atoms with Crippen molar-refractivity contribution < 1.29 is 9.59 Å². The summed E-state index contributed by atoms with van der Waals surface area (Å²) in [5.41, 5.74) is 9.14. The molecule has 0 aliphatic carbocycles. The minimum absolute atomic E-state index is 0.0529. The van der Waals surface area contributed by atoms with Gasteiger partial charge in [-0.15, -0.1) is 0 Å². The first-order chi connectivity index (χ1) is 10.5. The molecule has 0 fully saturated rings. The number of primary amides is 1. The molecule has 22 heavy (non-hydrogen) atoms. The van der Waals surface area contributed by atoms with Gasteiger partial charge in [0.05, 0.1) is 12.1 Å². The predicted octanol–water partition coefficient (Wildman–Crippen LogP) is 2.45. The summed E-state index contributed by atoms with van der Waals surface area (Å²) in [6.45, 7) is 4.01. The van der Waals surface area contributed by atoms with Gasteiger partial charge in [0, 0.05) is 11.4 Å². The molecule has 2 aromatic carbocycles. The molecule has 0 aromatic heterocycles. The zero-order valence-corrected chi connectivity index (χ0v) is 12.6. The Kier molecular flexibility index (Phi) is 4.78. The van der Waals surface area contributed by atoms with Gasteiger partial charge in [-0.3, -0.25) is 9.59 Å². The van der Waals surface area contributed by atoms with Crippen LogP contribution in [0.3, 0.4) is 0 Å². The molecule has 0 aliphatic rings. The molecule has 5 heteroatoms. The highest BCUT2D eigenvalue weighted by atomic mass is 16.2. The highest BCUT2D eigenvalue weighted by Crippen LogP contribution is 2.15. The van der Waals surface area contributed by atoms with Crippen LogP contribution in [0.1, 0.15) is 21.5 Å². The van der Waals surface area contributed by atoms with E-state index in [2.05, 4.69) is 10.6 Å². The number of hydrogen-bond donors (Lipinski definition) is 3. The van der Waals surface area contributed by atoms with Gasteiger partial charge in [0.1, 0.15) is 0 Å². The van der Waals surface area contributed by atoms with Gasteiger partial charge in [0.25, 0.3) is 5.91 Å². The van der Waals surface area contributed by atoms with Crippen molar-refractivity contribution >= 4 is 23.2 Å². The number of hydrogen-bond acceptors (Lipinski definition) is 3. The minimum Gasteiger partial charge on any atom is -0.376 e. The number of nitrogens with one attached hydrogen (secondary N) is 2. The first-order valence-electron chi connectivity index (χ1n) is 6.96. The van der Waals surface area contributed by atoms with Crippen LogP contribution in [0.2, 0.25) is 0 Å². The molecule has 0 aliphatic heterocycles. The molecule has 114 valence electrons. The summed E-state index contributed by atoms with van der Waals surface area (Å²) in [6.07, 6.45) is 0. The van der Waals surface area contributed by atoms with Crippen LogP contribution in [0.5, 0.6) is 0 Å². The second-order valence-electron chi connectivity index (χ2n) is 5.19. The zero-order valence-electron chi connectivity index (χ0n) is 12.6. The first kappa shape index (κ1) is 15.6. The summed E-state index contributed by atoms with van der Waals surface area (Å²) < 4.78 is 0. The Labute approximate surface area is 129 Å². The van der Waals surface area contributed by atoms with Gasteiger partial charge in [0.2, 0.25) is 5.91 Å². The van der Waals surface area contributed by atoms with Crippen LogP contribution in [-0.4, -0.2) is 18.4 Å². The maximum atomic E-state index is 12.0. The zero-order chi connectivity index (χ0) is 16.1. The molecule has 2 aromatic rings. The average molecular weight is 297 g/mol. The van der Waals surface area contributed by atoms with E-state index in [9.17, 15) is 9.59 Å². The van der Waals surface area contributed by atoms with Crippen molar-refractivity contribution in [2.75, 3.05) is 17.2 Å². The lowest BCUT2D eigenvalue weighted by molar-refractivity contribution is -0.114. The van der Waals surface area contributed by atoms with Crippen molar-refractivity contribution in [1.29, 1.82) is 0 Å². The van der Waals surface area contributed by atoms with Gasteiger partial charge in [-0.05, 0) is 49.2 Å². The minimum atomic E-state index is -0.530. The predicted molar refractivity (Wildman–Crippen MR) is 88.0 cm³/mol. The van der Waals surface area contributed by atoms with Gasteiger partial charge >= 0.3 is 0 Å². The van der Waals surface area contributed by atoms with E-state index in [-0.39, 0.29) is 12.5 Å². The second kappa shape index (κ2) is 6.76. The van der Waals surface area contributed by atoms with E-state index < -0.39 is 5.91 Å². The lowest BCUT2D eigenvalue weighted by Crippen LogP contribution is -2.23. The number of carbonyl (C=O) groups is 2. The summed E-state index contributed by atoms with van der Waals surface area (Å²) >= 11 is 0. The maximum absolute atomic E-state index is 12.0. The van der Waals surface area contributed by atoms with Crippen molar-refractivity contribution in [2.45, 2.75) is 13.8 Å². The smallest absolute Gasteiger partial charge is 0.250 e. The Morgan fingerprint density at radius 1 is 1.05 bits per heavy atom. The number of nitrogens with two attached hydrogens (primary N) is 1. The molecule has 0 spiro atoms. The van der Waals surface area contributed by atoms with Gasteiger partial charge in [-0.25, -0.2) is 0 Å². The molecule has 2 rings (SSSR count). The van der Waals surface area contributed by atoms with Crippen LogP contribution in [-0.2, 0) is 4.79 Å². The fourth-order valence-electron chi connectivity index (χ4n) is 2.28. The van der Waals surface area contributed by atoms with E-state index in [1.165, 1.54) is 0 Å². The molecule has 0 heterocycles. The van der Waals surface area contributed by atoms with Crippen molar-refractivity contribution in [3.63, 3.8) is 0 Å². The van der Waals surface area contributed by atoms with Crippen LogP contribution in [0.25, 0.3) is 0 Å². The Balaban J connectivity index is 2.00. The topological polar surface area (TPSA) is 84.2 Å². The Bertz CT molecular complexity index is 691. The summed E-state index contributed by atoms with van der Waals surface area (Å²) in [7, 11) is 0. The standard InChI is InChI=1S/C17H19N3O2/c1-11-7-12(2)9-13(8-11)20-16(21)10-19-15-6-4-3-5-14(15)17(18)22/h3-9,19H,10H2,1-2H3,(H2,18,22)(H,20,21). The molecule has 0 atom stereocenters. The highest BCUT2D eigenvalue weighted by Gasteiger charge is 2.08. The van der Waals surface area contributed by atoms with Crippen LogP contribution in [0.4, 0.5) is 11.4 Å². The van der Waals surface area contributed by atoms with E-state index in [1.807, 2.05) is 32.0 Å². The van der Waals surface area contributed by atoms with Crippen LogP contribution in [0, 0.1) is 13.8 Å². The molecule has 0 saturated heterocycles. The van der Waals surface area contributed by atoms with Gasteiger partial charge in [-0.1, -0.05) is 18.2 Å². The third kappa shape index (κ3) is 4.09. The molecule has 0 saturated carbocycles. The lowest BCUT2D eigenvalue weighted by Gasteiger charge is -2.11. The molecule has 0 radical (unpaired) electrons. The maximum Gasteiger partial charge on any atom is 0.250 e. The van der Waals surface area contributed by atoms with Gasteiger partial charge in [0.15, 0.2) is 0 Å². The van der Waals surface area contributed by atoms with Crippen molar-refractivity contribution in [3.8, 4) is 0 Å². The van der Waals surface area contributed by atoms with Crippen molar-refractivity contribution in [3.05, 3.63) is 59.2 Å². The van der Waals surface area contributed by atoms with Crippen molar-refractivity contribution in [2.24, 2.45) is 5.73 Å². The average Bonchev–Trinajstić information content (AvgIpc) is 2.44. The first-order valence-corrected chi connectivity index (χ1v) is 6.96. The molecule has 0 bridgehead atoms. The van der Waals surface area contributed by atoms with Gasteiger partial charge in [-0.2, -0.15) is 0 Å². The largest absolute Gasteiger partial charge is 0.376 e. The Morgan fingerprint density at radius 3 is 2.32 bits per heavy atom. The van der Waals surface area contributed by atoms with E-state index in [0.717, 1.165) is 16.8 Å². The summed E-state index contributed by atoms with van der Waals surface area (Å²) in [4.78, 5) is 23.3. The van der Waals surface area contributed by atoms with Crippen LogP contribution < -0.4 is 16.4 Å². The molecular formula is C17H19N3O2. The molecular weight excluding hydrogens is 278 g/mol. The number of aryl methyl sites for hydroxylation is 2. The second-order valence-corrected chi connectivity index (χ2v) is 5.19. The fourth-order valence-corrected chi connectivity index (χ4v) is 2.28. The number of rotatable bonds is 5. The molecule has 0 unspecified atom stereocenters. The number of carbonyl (C=O) groups excluding carboxylic acids is 2. The Morgan fingerprint density at radius 2 is 1.68 bits per heavy atom. The SMILES string of the molecule is Cc1cc(C)cc(NC(=O)CNc2ccccc2C(N)=O)c1. The molecule has 5 nitrogen and oxygen atoms in total. The molecule has 4 N–H and O–H groups in total.